The van der Waals surface area contributed by atoms with E-state index in [2.05, 4.69) is 4.98 Å². The van der Waals surface area contributed by atoms with Crippen LogP contribution in [-0.4, -0.2) is 23.9 Å². The summed E-state index contributed by atoms with van der Waals surface area (Å²) < 4.78 is 5.06. The molecule has 1 unspecified atom stereocenters. The summed E-state index contributed by atoms with van der Waals surface area (Å²) >= 11 is 0. The van der Waals surface area contributed by atoms with Crippen LogP contribution in [0.15, 0.2) is 18.3 Å². The Morgan fingerprint density at radius 1 is 1.67 bits per heavy atom. The standard InChI is InChI=1S/C11H16N2O2/c1-3-5-8(12)11(14)10-9(15-2)6-4-7-13-10/h4,6-8H,3,5,12H2,1-2H3. The second kappa shape index (κ2) is 5.46. The van der Waals surface area contributed by atoms with E-state index in [1.165, 1.54) is 7.11 Å². The van der Waals surface area contributed by atoms with Crippen LogP contribution >= 0.6 is 0 Å². The second-order valence-electron chi connectivity index (χ2n) is 3.31. The summed E-state index contributed by atoms with van der Waals surface area (Å²) in [5, 5.41) is 0. The molecule has 0 saturated heterocycles. The second-order valence-corrected chi connectivity index (χ2v) is 3.31. The van der Waals surface area contributed by atoms with Gasteiger partial charge in [0, 0.05) is 6.20 Å². The van der Waals surface area contributed by atoms with Gasteiger partial charge >= 0.3 is 0 Å². The minimum absolute atomic E-state index is 0.158. The van der Waals surface area contributed by atoms with Crippen molar-refractivity contribution < 1.29 is 9.53 Å². The number of ketones is 1. The number of pyridine rings is 1. The molecule has 1 rings (SSSR count). The highest BCUT2D eigenvalue weighted by molar-refractivity contribution is 6.00. The number of nitrogens with zero attached hydrogens (tertiary/aromatic N) is 1. The van der Waals surface area contributed by atoms with Crippen molar-refractivity contribution >= 4 is 5.78 Å². The van der Waals surface area contributed by atoms with Crippen molar-refractivity contribution in [2.45, 2.75) is 25.8 Å². The number of methoxy groups -OCH3 is 1. The molecular weight excluding hydrogens is 192 g/mol. The third kappa shape index (κ3) is 2.76. The lowest BCUT2D eigenvalue weighted by Gasteiger charge is -2.10. The van der Waals surface area contributed by atoms with E-state index in [0.29, 0.717) is 17.9 Å². The molecule has 0 spiro atoms. The Bertz CT molecular complexity index is 339. The first-order chi connectivity index (χ1) is 7.20. The SMILES string of the molecule is CCCC(N)C(=O)c1ncccc1OC. The molecular formula is C11H16N2O2. The van der Waals surface area contributed by atoms with Crippen molar-refractivity contribution in [2.24, 2.45) is 5.73 Å². The van der Waals surface area contributed by atoms with Gasteiger partial charge in [-0.1, -0.05) is 13.3 Å². The van der Waals surface area contributed by atoms with E-state index in [9.17, 15) is 4.79 Å². The maximum Gasteiger partial charge on any atom is 0.201 e. The Balaban J connectivity index is 2.90. The molecule has 4 nitrogen and oxygen atoms in total. The van der Waals surface area contributed by atoms with Crippen molar-refractivity contribution in [1.82, 2.24) is 4.98 Å². The minimum Gasteiger partial charge on any atom is -0.494 e. The Morgan fingerprint density at radius 3 is 3.00 bits per heavy atom. The van der Waals surface area contributed by atoms with Gasteiger partial charge < -0.3 is 10.5 Å². The predicted octanol–water partition coefficient (Wildman–Crippen LogP) is 1.40. The smallest absolute Gasteiger partial charge is 0.201 e. The third-order valence-electron chi connectivity index (χ3n) is 2.16. The van der Waals surface area contributed by atoms with Crippen LogP contribution < -0.4 is 10.5 Å². The number of carbonyl (C=O) groups excluding carboxylic acids is 1. The molecule has 15 heavy (non-hydrogen) atoms. The molecule has 0 amide bonds. The average molecular weight is 208 g/mol. The van der Waals surface area contributed by atoms with Crippen LogP contribution in [0.4, 0.5) is 0 Å². The molecule has 1 heterocycles. The highest BCUT2D eigenvalue weighted by Crippen LogP contribution is 2.16. The number of ether oxygens (including phenoxy) is 1. The Kier molecular flexibility index (Phi) is 4.24. The van der Waals surface area contributed by atoms with Gasteiger partial charge in [-0.15, -0.1) is 0 Å². The highest BCUT2D eigenvalue weighted by atomic mass is 16.5. The number of rotatable bonds is 5. The van der Waals surface area contributed by atoms with Gasteiger partial charge in [-0.3, -0.25) is 4.79 Å². The van der Waals surface area contributed by atoms with Crippen molar-refractivity contribution in [3.63, 3.8) is 0 Å². The quantitative estimate of drug-likeness (QED) is 0.743. The number of nitrogens with two attached hydrogens (primary N) is 1. The molecule has 0 aliphatic rings. The first-order valence-corrected chi connectivity index (χ1v) is 4.99. The first-order valence-electron chi connectivity index (χ1n) is 4.99. The van der Waals surface area contributed by atoms with Gasteiger partial charge in [-0.2, -0.15) is 0 Å². The lowest BCUT2D eigenvalue weighted by molar-refractivity contribution is 0.0948. The Labute approximate surface area is 89.5 Å². The summed E-state index contributed by atoms with van der Waals surface area (Å²) in [4.78, 5) is 15.8. The summed E-state index contributed by atoms with van der Waals surface area (Å²) in [6.45, 7) is 1.99. The molecule has 0 saturated carbocycles. The zero-order valence-electron chi connectivity index (χ0n) is 9.06. The van der Waals surface area contributed by atoms with E-state index < -0.39 is 6.04 Å². The fourth-order valence-electron chi connectivity index (χ4n) is 1.36. The Hall–Kier alpha value is -1.42. The number of carbonyl (C=O) groups is 1. The molecule has 0 bridgehead atoms. The highest BCUT2D eigenvalue weighted by Gasteiger charge is 2.19. The van der Waals surface area contributed by atoms with Crippen molar-refractivity contribution in [1.29, 1.82) is 0 Å². The molecule has 0 aromatic carbocycles. The van der Waals surface area contributed by atoms with Crippen molar-refractivity contribution in [3.8, 4) is 5.75 Å². The molecule has 1 aromatic rings. The third-order valence-corrected chi connectivity index (χ3v) is 2.16. The maximum absolute atomic E-state index is 11.8. The number of aromatic nitrogens is 1. The molecule has 82 valence electrons. The maximum atomic E-state index is 11.8. The largest absolute Gasteiger partial charge is 0.494 e. The molecule has 0 radical (unpaired) electrons. The van der Waals surface area contributed by atoms with Gasteiger partial charge in [0.15, 0.2) is 0 Å². The van der Waals surface area contributed by atoms with E-state index in [0.717, 1.165) is 6.42 Å². The van der Waals surface area contributed by atoms with Gasteiger partial charge in [0.05, 0.1) is 13.2 Å². The van der Waals surface area contributed by atoms with Gasteiger partial charge in [0.1, 0.15) is 11.4 Å². The molecule has 4 heteroatoms. The van der Waals surface area contributed by atoms with Crippen LogP contribution in [0.5, 0.6) is 5.75 Å². The van der Waals surface area contributed by atoms with Crippen LogP contribution in [0.2, 0.25) is 0 Å². The molecule has 0 fully saturated rings. The van der Waals surface area contributed by atoms with Crippen LogP contribution in [0.1, 0.15) is 30.3 Å². The van der Waals surface area contributed by atoms with E-state index in [1.807, 2.05) is 6.92 Å². The Morgan fingerprint density at radius 2 is 2.40 bits per heavy atom. The minimum atomic E-state index is -0.487. The lowest BCUT2D eigenvalue weighted by atomic mass is 10.0. The summed E-state index contributed by atoms with van der Waals surface area (Å²) in [6.07, 6.45) is 3.11. The van der Waals surface area contributed by atoms with Gasteiger partial charge in [0.2, 0.25) is 5.78 Å². The van der Waals surface area contributed by atoms with Crippen molar-refractivity contribution in [3.05, 3.63) is 24.0 Å². The number of hydrogen-bond donors (Lipinski definition) is 1. The fraction of sp³-hybridized carbons (Fsp3) is 0.455. The molecule has 0 aliphatic heterocycles. The summed E-state index contributed by atoms with van der Waals surface area (Å²) in [5.74, 6) is 0.323. The van der Waals surface area contributed by atoms with Crippen LogP contribution in [0.25, 0.3) is 0 Å². The predicted molar refractivity (Wildman–Crippen MR) is 58.0 cm³/mol. The molecule has 0 aliphatic carbocycles. The fourth-order valence-corrected chi connectivity index (χ4v) is 1.36. The molecule has 1 atom stereocenters. The number of hydrogen-bond acceptors (Lipinski definition) is 4. The van der Waals surface area contributed by atoms with E-state index >= 15 is 0 Å². The van der Waals surface area contributed by atoms with Gasteiger partial charge in [0.25, 0.3) is 0 Å². The zero-order valence-corrected chi connectivity index (χ0v) is 9.06. The lowest BCUT2D eigenvalue weighted by Crippen LogP contribution is -2.31. The zero-order chi connectivity index (χ0) is 11.3. The summed E-state index contributed by atoms with van der Waals surface area (Å²) in [7, 11) is 1.51. The summed E-state index contributed by atoms with van der Waals surface area (Å²) in [5.41, 5.74) is 6.06. The van der Waals surface area contributed by atoms with Crippen LogP contribution in [-0.2, 0) is 0 Å². The summed E-state index contributed by atoms with van der Waals surface area (Å²) in [6, 6.07) is 2.94. The van der Waals surface area contributed by atoms with Crippen LogP contribution in [0.3, 0.4) is 0 Å². The van der Waals surface area contributed by atoms with E-state index in [1.54, 1.807) is 18.3 Å². The molecule has 2 N–H and O–H groups in total. The van der Waals surface area contributed by atoms with Gasteiger partial charge in [-0.25, -0.2) is 4.98 Å². The van der Waals surface area contributed by atoms with Gasteiger partial charge in [-0.05, 0) is 18.6 Å². The van der Waals surface area contributed by atoms with Crippen LogP contribution in [0, 0.1) is 0 Å². The first kappa shape index (κ1) is 11.7. The topological polar surface area (TPSA) is 65.2 Å². The monoisotopic (exact) mass is 208 g/mol. The average Bonchev–Trinajstić information content (AvgIpc) is 2.28. The molecule has 1 aromatic heterocycles. The van der Waals surface area contributed by atoms with E-state index in [-0.39, 0.29) is 5.78 Å². The van der Waals surface area contributed by atoms with Crippen molar-refractivity contribution in [2.75, 3.05) is 7.11 Å². The number of Topliss-reactive ketones (excluding diaryl/α,β-unsaturated/α-hetero) is 1. The normalized spacial score (nSPS) is 12.2. The van der Waals surface area contributed by atoms with E-state index in [4.69, 9.17) is 10.5 Å².